The second-order valence-corrected chi connectivity index (χ2v) is 9.71. The molecule has 0 N–H and O–H groups in total. The van der Waals surface area contributed by atoms with Crippen molar-refractivity contribution in [2.24, 2.45) is 0 Å². The van der Waals surface area contributed by atoms with E-state index in [1.54, 1.807) is 21.6 Å². The van der Waals surface area contributed by atoms with Gasteiger partial charge in [0.1, 0.15) is 8.64 Å². The minimum Gasteiger partial charge on any atom is -0.357 e. The summed E-state index contributed by atoms with van der Waals surface area (Å²) in [5.74, 6) is 0. The Balaban J connectivity index is 4.67. The fourth-order valence-corrected chi connectivity index (χ4v) is 5.38. The maximum atomic E-state index is 5.73. The molecule has 0 aliphatic heterocycles. The zero-order valence-electron chi connectivity index (χ0n) is 16.3. The van der Waals surface area contributed by atoms with E-state index in [-0.39, 0.29) is 0 Å². The third kappa shape index (κ3) is 9.25. The summed E-state index contributed by atoms with van der Waals surface area (Å²) in [6.07, 6.45) is 7.03. The van der Waals surface area contributed by atoms with Crippen molar-refractivity contribution >= 4 is 54.7 Å². The standard InChI is InChI=1S/C18H36N2S4/c1-7-11-13-19(14-12-8-2)17(21)23-24-18(22)20(15(5)9-3)16(6)10-4/h15-16H,7-14H2,1-6H3. The molecule has 24 heavy (non-hydrogen) atoms. The van der Waals surface area contributed by atoms with E-state index in [0.717, 1.165) is 34.6 Å². The van der Waals surface area contributed by atoms with Gasteiger partial charge in [0, 0.05) is 25.2 Å². The molecule has 0 spiro atoms. The molecule has 0 saturated heterocycles. The van der Waals surface area contributed by atoms with E-state index in [9.17, 15) is 0 Å². The maximum absolute atomic E-state index is 5.73. The van der Waals surface area contributed by atoms with Crippen LogP contribution in [0.1, 0.15) is 80.1 Å². The fourth-order valence-electron chi connectivity index (χ4n) is 2.35. The van der Waals surface area contributed by atoms with Gasteiger partial charge in [-0.1, -0.05) is 65.0 Å². The lowest BCUT2D eigenvalue weighted by Crippen LogP contribution is -2.42. The topological polar surface area (TPSA) is 6.48 Å². The molecule has 0 rings (SSSR count). The van der Waals surface area contributed by atoms with E-state index >= 15 is 0 Å². The highest BCUT2D eigenvalue weighted by Crippen LogP contribution is 2.31. The Morgan fingerprint density at radius 3 is 1.58 bits per heavy atom. The first-order chi connectivity index (χ1) is 11.4. The molecule has 142 valence electrons. The van der Waals surface area contributed by atoms with Gasteiger partial charge in [-0.25, -0.2) is 0 Å². The van der Waals surface area contributed by atoms with Crippen LogP contribution in [0.5, 0.6) is 0 Å². The van der Waals surface area contributed by atoms with E-state index in [4.69, 9.17) is 24.4 Å². The lowest BCUT2D eigenvalue weighted by Gasteiger charge is -2.35. The molecule has 0 bridgehead atoms. The number of hydrogen-bond acceptors (Lipinski definition) is 4. The molecular formula is C18H36N2S4. The van der Waals surface area contributed by atoms with Crippen LogP contribution in [-0.2, 0) is 0 Å². The van der Waals surface area contributed by atoms with Gasteiger partial charge in [-0.3, -0.25) is 0 Å². The minimum atomic E-state index is 0.477. The van der Waals surface area contributed by atoms with Crippen molar-refractivity contribution in [1.82, 2.24) is 9.80 Å². The number of unbranched alkanes of at least 4 members (excludes halogenated alkanes) is 2. The first kappa shape index (κ1) is 24.5. The molecule has 2 atom stereocenters. The molecule has 0 aromatic carbocycles. The van der Waals surface area contributed by atoms with E-state index < -0.39 is 0 Å². The molecular weight excluding hydrogens is 372 g/mol. The minimum absolute atomic E-state index is 0.477. The van der Waals surface area contributed by atoms with Crippen LogP contribution in [0.3, 0.4) is 0 Å². The Morgan fingerprint density at radius 2 is 1.21 bits per heavy atom. The first-order valence-corrected chi connectivity index (χ1v) is 12.3. The smallest absolute Gasteiger partial charge is 0.147 e. The molecule has 0 aliphatic rings. The molecule has 6 heteroatoms. The number of thiocarbonyl (C=S) groups is 2. The summed E-state index contributed by atoms with van der Waals surface area (Å²) in [7, 11) is 3.34. The molecule has 0 fully saturated rings. The van der Waals surface area contributed by atoms with Gasteiger partial charge in [0.2, 0.25) is 0 Å². The number of hydrogen-bond donors (Lipinski definition) is 0. The summed E-state index contributed by atoms with van der Waals surface area (Å²) in [6, 6.07) is 0.954. The summed E-state index contributed by atoms with van der Waals surface area (Å²) >= 11 is 11.4. The molecule has 0 aromatic rings. The second kappa shape index (κ2) is 14.6. The van der Waals surface area contributed by atoms with E-state index in [0.29, 0.717) is 12.1 Å². The normalized spacial score (nSPS) is 13.4. The van der Waals surface area contributed by atoms with Gasteiger partial charge in [0.05, 0.1) is 0 Å². The largest absolute Gasteiger partial charge is 0.357 e. The van der Waals surface area contributed by atoms with Gasteiger partial charge in [-0.15, -0.1) is 0 Å². The third-order valence-electron chi connectivity index (χ3n) is 4.35. The van der Waals surface area contributed by atoms with Gasteiger partial charge in [0.25, 0.3) is 0 Å². The molecule has 2 nitrogen and oxygen atoms in total. The Morgan fingerprint density at radius 1 is 0.792 bits per heavy atom. The average Bonchev–Trinajstić information content (AvgIpc) is 2.59. The Hall–Kier alpha value is 0.480. The fraction of sp³-hybridized carbons (Fsp3) is 0.889. The SMILES string of the molecule is CCCCN(CCCC)C(=S)SSC(=S)N(C(C)CC)C(C)CC. The molecule has 0 radical (unpaired) electrons. The van der Waals surface area contributed by atoms with Crippen molar-refractivity contribution in [2.75, 3.05) is 13.1 Å². The molecule has 0 aliphatic carbocycles. The van der Waals surface area contributed by atoms with Crippen molar-refractivity contribution in [1.29, 1.82) is 0 Å². The summed E-state index contributed by atoms with van der Waals surface area (Å²) < 4.78 is 1.95. The van der Waals surface area contributed by atoms with Crippen LogP contribution >= 0.6 is 46.0 Å². The average molecular weight is 409 g/mol. The van der Waals surface area contributed by atoms with Gasteiger partial charge < -0.3 is 9.80 Å². The predicted molar refractivity (Wildman–Crippen MR) is 123 cm³/mol. The highest BCUT2D eigenvalue weighted by molar-refractivity contribution is 8.89. The summed E-state index contributed by atoms with van der Waals surface area (Å²) in [4.78, 5) is 4.75. The monoisotopic (exact) mass is 408 g/mol. The Bertz CT molecular complexity index is 345. The summed E-state index contributed by atoms with van der Waals surface area (Å²) in [5.41, 5.74) is 0. The Kier molecular flexibility index (Phi) is 14.9. The van der Waals surface area contributed by atoms with Crippen molar-refractivity contribution in [2.45, 2.75) is 92.2 Å². The zero-order valence-corrected chi connectivity index (χ0v) is 19.6. The summed E-state index contributed by atoms with van der Waals surface area (Å²) in [6.45, 7) is 15.6. The maximum Gasteiger partial charge on any atom is 0.147 e. The second-order valence-electron chi connectivity index (χ2n) is 6.31. The molecule has 0 heterocycles. The molecule has 2 unspecified atom stereocenters. The predicted octanol–water partition coefficient (Wildman–Crippen LogP) is 6.74. The lowest BCUT2D eigenvalue weighted by molar-refractivity contribution is 0.260. The van der Waals surface area contributed by atoms with E-state index in [1.807, 2.05) is 0 Å². The van der Waals surface area contributed by atoms with Crippen LogP contribution in [0.2, 0.25) is 0 Å². The quantitative estimate of drug-likeness (QED) is 0.289. The van der Waals surface area contributed by atoms with Crippen molar-refractivity contribution in [3.8, 4) is 0 Å². The van der Waals surface area contributed by atoms with Crippen LogP contribution in [0.25, 0.3) is 0 Å². The van der Waals surface area contributed by atoms with Crippen molar-refractivity contribution in [3.05, 3.63) is 0 Å². The van der Waals surface area contributed by atoms with Crippen molar-refractivity contribution in [3.63, 3.8) is 0 Å². The zero-order chi connectivity index (χ0) is 18.5. The molecule has 0 aromatic heterocycles. The lowest BCUT2D eigenvalue weighted by atomic mass is 10.1. The van der Waals surface area contributed by atoms with E-state index in [2.05, 4.69) is 51.3 Å². The van der Waals surface area contributed by atoms with E-state index in [1.165, 1.54) is 25.7 Å². The highest BCUT2D eigenvalue weighted by Gasteiger charge is 2.22. The van der Waals surface area contributed by atoms with Gasteiger partial charge in [0.15, 0.2) is 0 Å². The van der Waals surface area contributed by atoms with Crippen LogP contribution in [0.15, 0.2) is 0 Å². The van der Waals surface area contributed by atoms with Crippen molar-refractivity contribution < 1.29 is 0 Å². The van der Waals surface area contributed by atoms with Crippen LogP contribution < -0.4 is 0 Å². The highest BCUT2D eigenvalue weighted by atomic mass is 33.1. The first-order valence-electron chi connectivity index (χ1n) is 9.38. The third-order valence-corrected chi connectivity index (χ3v) is 7.98. The van der Waals surface area contributed by atoms with Gasteiger partial charge >= 0.3 is 0 Å². The molecule has 0 amide bonds. The van der Waals surface area contributed by atoms with Gasteiger partial charge in [-0.2, -0.15) is 0 Å². The number of nitrogens with zero attached hydrogens (tertiary/aromatic N) is 2. The summed E-state index contributed by atoms with van der Waals surface area (Å²) in [5, 5.41) is 0. The van der Waals surface area contributed by atoms with Crippen LogP contribution in [0.4, 0.5) is 0 Å². The number of rotatable bonds is 10. The molecule has 0 saturated carbocycles. The van der Waals surface area contributed by atoms with Crippen LogP contribution in [-0.4, -0.2) is 43.6 Å². The van der Waals surface area contributed by atoms with Crippen LogP contribution in [0, 0.1) is 0 Å². The van der Waals surface area contributed by atoms with Gasteiger partial charge in [-0.05, 0) is 61.1 Å². The Labute approximate surface area is 169 Å².